The van der Waals surface area contributed by atoms with Gasteiger partial charge < -0.3 is 14.5 Å². The Morgan fingerprint density at radius 3 is 2.84 bits per heavy atom. The summed E-state index contributed by atoms with van der Waals surface area (Å²) < 4.78 is 5.39. The monoisotopic (exact) mass is 260 g/mol. The molecule has 0 aromatic heterocycles. The van der Waals surface area contributed by atoms with E-state index in [4.69, 9.17) is 4.74 Å². The third kappa shape index (κ3) is 2.32. The van der Waals surface area contributed by atoms with Crippen LogP contribution in [0.1, 0.15) is 30.7 Å². The molecule has 1 saturated heterocycles. The average Bonchev–Trinajstić information content (AvgIpc) is 2.95. The SMILES string of the molecule is COc1ccc2c(c1)[C@@H](C[C@H]1CCCN1C)CN2C. The van der Waals surface area contributed by atoms with E-state index in [0.29, 0.717) is 5.92 Å². The minimum absolute atomic E-state index is 0.653. The van der Waals surface area contributed by atoms with Crippen molar-refractivity contribution >= 4 is 5.69 Å². The van der Waals surface area contributed by atoms with Crippen molar-refractivity contribution < 1.29 is 4.74 Å². The number of rotatable bonds is 3. The van der Waals surface area contributed by atoms with E-state index in [-0.39, 0.29) is 0 Å². The molecule has 3 heteroatoms. The molecule has 0 saturated carbocycles. The number of hydrogen-bond donors (Lipinski definition) is 0. The first-order valence-corrected chi connectivity index (χ1v) is 7.28. The summed E-state index contributed by atoms with van der Waals surface area (Å²) in [5.41, 5.74) is 2.86. The van der Waals surface area contributed by atoms with Crippen LogP contribution in [-0.4, -0.2) is 45.2 Å². The molecule has 1 fully saturated rings. The highest BCUT2D eigenvalue weighted by Crippen LogP contribution is 2.41. The topological polar surface area (TPSA) is 15.7 Å². The van der Waals surface area contributed by atoms with Crippen molar-refractivity contribution in [1.29, 1.82) is 0 Å². The highest BCUT2D eigenvalue weighted by molar-refractivity contribution is 5.61. The second kappa shape index (κ2) is 5.04. The van der Waals surface area contributed by atoms with Crippen LogP contribution in [0.5, 0.6) is 5.75 Å². The van der Waals surface area contributed by atoms with Gasteiger partial charge in [-0.25, -0.2) is 0 Å². The maximum atomic E-state index is 5.39. The van der Waals surface area contributed by atoms with Crippen LogP contribution in [0, 0.1) is 0 Å². The van der Waals surface area contributed by atoms with Crippen LogP contribution >= 0.6 is 0 Å². The molecular weight excluding hydrogens is 236 g/mol. The van der Waals surface area contributed by atoms with E-state index >= 15 is 0 Å². The Kier molecular flexibility index (Phi) is 3.40. The van der Waals surface area contributed by atoms with Crippen LogP contribution in [0.15, 0.2) is 18.2 Å². The van der Waals surface area contributed by atoms with E-state index in [1.807, 2.05) is 0 Å². The Bertz CT molecular complexity index is 460. The fourth-order valence-corrected chi connectivity index (χ4v) is 3.67. The smallest absolute Gasteiger partial charge is 0.119 e. The summed E-state index contributed by atoms with van der Waals surface area (Å²) in [4.78, 5) is 4.91. The molecule has 19 heavy (non-hydrogen) atoms. The van der Waals surface area contributed by atoms with Crippen LogP contribution in [0.4, 0.5) is 5.69 Å². The fraction of sp³-hybridized carbons (Fsp3) is 0.625. The Labute approximate surface area is 116 Å². The van der Waals surface area contributed by atoms with E-state index in [0.717, 1.165) is 18.3 Å². The molecule has 2 heterocycles. The Morgan fingerprint density at radius 1 is 1.32 bits per heavy atom. The van der Waals surface area contributed by atoms with Gasteiger partial charge in [-0.15, -0.1) is 0 Å². The quantitative estimate of drug-likeness (QED) is 0.831. The fourth-order valence-electron chi connectivity index (χ4n) is 3.67. The third-order valence-corrected chi connectivity index (χ3v) is 4.81. The Hall–Kier alpha value is -1.22. The van der Waals surface area contributed by atoms with Crippen molar-refractivity contribution in [3.05, 3.63) is 23.8 Å². The van der Waals surface area contributed by atoms with Gasteiger partial charge in [0.2, 0.25) is 0 Å². The number of fused-ring (bicyclic) bond motifs is 1. The molecule has 0 unspecified atom stereocenters. The first-order chi connectivity index (χ1) is 9.19. The van der Waals surface area contributed by atoms with Gasteiger partial charge in [0, 0.05) is 31.2 Å². The van der Waals surface area contributed by atoms with Crippen LogP contribution in [-0.2, 0) is 0 Å². The Morgan fingerprint density at radius 2 is 2.16 bits per heavy atom. The Balaban J connectivity index is 1.81. The molecule has 3 nitrogen and oxygen atoms in total. The molecule has 0 aliphatic carbocycles. The summed E-state index contributed by atoms with van der Waals surface area (Å²) in [6, 6.07) is 7.26. The number of ether oxygens (including phenoxy) is 1. The summed E-state index contributed by atoms with van der Waals surface area (Å²) in [5, 5.41) is 0. The average molecular weight is 260 g/mol. The maximum absolute atomic E-state index is 5.39. The second-order valence-corrected chi connectivity index (χ2v) is 6.01. The first-order valence-electron chi connectivity index (χ1n) is 7.28. The number of likely N-dealkylation sites (N-methyl/N-ethyl adjacent to an activating group) is 1. The number of methoxy groups -OCH3 is 1. The lowest BCUT2D eigenvalue weighted by molar-refractivity contribution is 0.284. The van der Waals surface area contributed by atoms with Crippen LogP contribution in [0.3, 0.4) is 0 Å². The molecule has 3 rings (SSSR count). The number of benzene rings is 1. The van der Waals surface area contributed by atoms with E-state index in [9.17, 15) is 0 Å². The molecule has 0 radical (unpaired) electrons. The molecule has 1 aromatic rings. The molecule has 0 amide bonds. The van der Waals surface area contributed by atoms with Crippen molar-refractivity contribution in [2.24, 2.45) is 0 Å². The number of anilines is 1. The molecule has 2 atom stereocenters. The summed E-state index contributed by atoms with van der Waals surface area (Å²) in [5.74, 6) is 1.64. The molecule has 0 bridgehead atoms. The van der Waals surface area contributed by atoms with Crippen molar-refractivity contribution in [1.82, 2.24) is 4.90 Å². The van der Waals surface area contributed by atoms with Gasteiger partial charge in [-0.2, -0.15) is 0 Å². The molecule has 0 N–H and O–H groups in total. The molecule has 2 aliphatic rings. The lowest BCUT2D eigenvalue weighted by atomic mass is 9.93. The molecular formula is C16H24N2O. The second-order valence-electron chi connectivity index (χ2n) is 6.01. The predicted octanol–water partition coefficient (Wildman–Crippen LogP) is 2.71. The number of hydrogen-bond acceptors (Lipinski definition) is 3. The summed E-state index contributed by atoms with van der Waals surface area (Å²) in [6.45, 7) is 2.41. The van der Waals surface area contributed by atoms with Crippen molar-refractivity contribution in [3.8, 4) is 5.75 Å². The summed E-state index contributed by atoms with van der Waals surface area (Å²) in [7, 11) is 6.21. The largest absolute Gasteiger partial charge is 0.497 e. The van der Waals surface area contributed by atoms with E-state index < -0.39 is 0 Å². The zero-order valence-corrected chi connectivity index (χ0v) is 12.2. The molecule has 2 aliphatic heterocycles. The van der Waals surface area contributed by atoms with Crippen molar-refractivity contribution in [2.75, 3.05) is 39.2 Å². The van der Waals surface area contributed by atoms with Crippen molar-refractivity contribution in [2.45, 2.75) is 31.2 Å². The number of likely N-dealkylation sites (tertiary alicyclic amines) is 1. The normalized spacial score (nSPS) is 26.8. The molecule has 0 spiro atoms. The summed E-state index contributed by atoms with van der Waals surface area (Å²) in [6.07, 6.45) is 3.99. The van der Waals surface area contributed by atoms with Crippen LogP contribution in [0.25, 0.3) is 0 Å². The van der Waals surface area contributed by atoms with Gasteiger partial charge in [-0.05, 0) is 56.6 Å². The number of nitrogens with zero attached hydrogens (tertiary/aromatic N) is 2. The van der Waals surface area contributed by atoms with E-state index in [1.165, 1.54) is 37.1 Å². The zero-order valence-electron chi connectivity index (χ0n) is 12.2. The minimum atomic E-state index is 0.653. The molecule has 1 aromatic carbocycles. The van der Waals surface area contributed by atoms with E-state index in [2.05, 4.69) is 42.1 Å². The van der Waals surface area contributed by atoms with Crippen molar-refractivity contribution in [3.63, 3.8) is 0 Å². The lowest BCUT2D eigenvalue weighted by Crippen LogP contribution is -2.28. The van der Waals surface area contributed by atoms with Gasteiger partial charge >= 0.3 is 0 Å². The van der Waals surface area contributed by atoms with Crippen LogP contribution in [0.2, 0.25) is 0 Å². The third-order valence-electron chi connectivity index (χ3n) is 4.81. The van der Waals surface area contributed by atoms with Gasteiger partial charge in [-0.3, -0.25) is 0 Å². The maximum Gasteiger partial charge on any atom is 0.119 e. The zero-order chi connectivity index (χ0) is 13.4. The summed E-state index contributed by atoms with van der Waals surface area (Å²) >= 11 is 0. The van der Waals surface area contributed by atoms with Crippen LogP contribution < -0.4 is 9.64 Å². The van der Waals surface area contributed by atoms with Gasteiger partial charge in [-0.1, -0.05) is 0 Å². The standard InChI is InChI=1S/C16H24N2O/c1-17-8-4-5-13(17)9-12-11-18(2)16-7-6-14(19-3)10-15(12)16/h6-7,10,12-13H,4-5,8-9,11H2,1-3H3/t12-,13+/m0/s1. The predicted molar refractivity (Wildman–Crippen MR) is 79.3 cm³/mol. The highest BCUT2D eigenvalue weighted by Gasteiger charge is 2.31. The molecule has 104 valence electrons. The van der Waals surface area contributed by atoms with Gasteiger partial charge in [0.05, 0.1) is 7.11 Å². The van der Waals surface area contributed by atoms with Gasteiger partial charge in [0.25, 0.3) is 0 Å². The minimum Gasteiger partial charge on any atom is -0.497 e. The van der Waals surface area contributed by atoms with E-state index in [1.54, 1.807) is 7.11 Å². The van der Waals surface area contributed by atoms with Gasteiger partial charge in [0.1, 0.15) is 5.75 Å². The highest BCUT2D eigenvalue weighted by atomic mass is 16.5. The van der Waals surface area contributed by atoms with Gasteiger partial charge in [0.15, 0.2) is 0 Å². The first kappa shape index (κ1) is 12.8. The lowest BCUT2D eigenvalue weighted by Gasteiger charge is -2.23.